The summed E-state index contributed by atoms with van der Waals surface area (Å²) in [6.07, 6.45) is -0.328. The summed E-state index contributed by atoms with van der Waals surface area (Å²) in [5.41, 5.74) is -0.486. The third-order valence-corrected chi connectivity index (χ3v) is 6.74. The van der Waals surface area contributed by atoms with Crippen LogP contribution in [0.5, 0.6) is 0 Å². The van der Waals surface area contributed by atoms with Crippen molar-refractivity contribution in [2.75, 3.05) is 14.1 Å². The Labute approximate surface area is 181 Å². The van der Waals surface area contributed by atoms with E-state index in [-0.39, 0.29) is 11.5 Å². The molecular weight excluding hydrogens is 411 g/mol. The Morgan fingerprint density at radius 1 is 1.10 bits per heavy atom. The lowest BCUT2D eigenvalue weighted by molar-refractivity contribution is -0.140. The van der Waals surface area contributed by atoms with Crippen molar-refractivity contribution in [1.82, 2.24) is 4.90 Å². The molecule has 1 saturated carbocycles. The molecule has 0 saturated heterocycles. The molecule has 0 aromatic heterocycles. The Morgan fingerprint density at radius 3 is 2.43 bits per heavy atom. The molecule has 30 heavy (non-hydrogen) atoms. The van der Waals surface area contributed by atoms with E-state index in [1.54, 1.807) is 26.2 Å². The van der Waals surface area contributed by atoms with E-state index in [2.05, 4.69) is 0 Å². The van der Waals surface area contributed by atoms with Gasteiger partial charge in [0, 0.05) is 17.0 Å². The Hall–Kier alpha value is -1.56. The van der Waals surface area contributed by atoms with Gasteiger partial charge in [0.2, 0.25) is 0 Å². The minimum atomic E-state index is -4.44. The first-order valence-electron chi connectivity index (χ1n) is 10.4. The molecule has 6 heteroatoms. The van der Waals surface area contributed by atoms with Gasteiger partial charge in [-0.1, -0.05) is 60.8 Å². The molecule has 1 aliphatic carbocycles. The van der Waals surface area contributed by atoms with E-state index in [1.165, 1.54) is 6.07 Å². The number of benzene rings is 2. The molecule has 1 aliphatic rings. The Morgan fingerprint density at radius 2 is 1.77 bits per heavy atom. The van der Waals surface area contributed by atoms with Crippen molar-refractivity contribution < 1.29 is 18.3 Å². The van der Waals surface area contributed by atoms with Gasteiger partial charge in [0.1, 0.15) is 0 Å². The van der Waals surface area contributed by atoms with Crippen molar-refractivity contribution in [3.63, 3.8) is 0 Å². The minimum Gasteiger partial charge on any atom is -0.390 e. The largest absolute Gasteiger partial charge is 0.416 e. The van der Waals surface area contributed by atoms with Gasteiger partial charge < -0.3 is 10.0 Å². The zero-order valence-electron chi connectivity index (χ0n) is 17.4. The van der Waals surface area contributed by atoms with Gasteiger partial charge in [-0.05, 0) is 63.0 Å². The summed E-state index contributed by atoms with van der Waals surface area (Å²) in [6, 6.07) is 12.8. The van der Waals surface area contributed by atoms with Gasteiger partial charge in [-0.15, -0.1) is 0 Å². The van der Waals surface area contributed by atoms with E-state index < -0.39 is 23.4 Å². The van der Waals surface area contributed by atoms with Crippen LogP contribution in [0, 0.1) is 5.92 Å². The molecule has 0 radical (unpaired) electrons. The maximum atomic E-state index is 13.8. The molecule has 0 heterocycles. The second kappa shape index (κ2) is 9.29. The predicted molar refractivity (Wildman–Crippen MR) is 115 cm³/mol. The summed E-state index contributed by atoms with van der Waals surface area (Å²) < 4.78 is 41.3. The Bertz CT molecular complexity index is 854. The molecule has 164 valence electrons. The van der Waals surface area contributed by atoms with E-state index >= 15 is 0 Å². The first-order valence-corrected chi connectivity index (χ1v) is 10.8. The van der Waals surface area contributed by atoms with Gasteiger partial charge in [-0.3, -0.25) is 0 Å². The molecular formula is C24H29ClF3NO. The van der Waals surface area contributed by atoms with Gasteiger partial charge in [-0.25, -0.2) is 0 Å². The fourth-order valence-electron chi connectivity index (χ4n) is 4.93. The Balaban J connectivity index is 1.95. The van der Waals surface area contributed by atoms with Crippen LogP contribution < -0.4 is 0 Å². The second-order valence-corrected chi connectivity index (χ2v) is 8.95. The number of rotatable bonds is 6. The highest BCUT2D eigenvalue weighted by Gasteiger charge is 2.46. The molecule has 3 atom stereocenters. The first-order chi connectivity index (χ1) is 14.1. The number of nitrogens with zero attached hydrogens (tertiary/aromatic N) is 1. The second-order valence-electron chi connectivity index (χ2n) is 8.54. The molecule has 2 aromatic rings. The zero-order valence-corrected chi connectivity index (χ0v) is 18.2. The number of alkyl halides is 3. The van der Waals surface area contributed by atoms with Crippen LogP contribution in [-0.2, 0) is 12.6 Å². The fourth-order valence-corrected chi connectivity index (χ4v) is 5.16. The van der Waals surface area contributed by atoms with Crippen LogP contribution in [0.2, 0.25) is 5.02 Å². The zero-order chi connectivity index (χ0) is 21.9. The number of halogens is 4. The molecule has 0 amide bonds. The third-order valence-electron chi connectivity index (χ3n) is 6.37. The van der Waals surface area contributed by atoms with Crippen molar-refractivity contribution in [1.29, 1.82) is 0 Å². The van der Waals surface area contributed by atoms with Crippen molar-refractivity contribution in [2.45, 2.75) is 56.3 Å². The van der Waals surface area contributed by atoms with E-state index in [4.69, 9.17) is 11.6 Å². The average molecular weight is 440 g/mol. The molecule has 2 nitrogen and oxygen atoms in total. The van der Waals surface area contributed by atoms with Crippen LogP contribution in [0.4, 0.5) is 13.2 Å². The molecule has 0 bridgehead atoms. The Kier molecular flexibility index (Phi) is 7.16. The maximum absolute atomic E-state index is 13.8. The third kappa shape index (κ3) is 5.01. The van der Waals surface area contributed by atoms with Crippen LogP contribution in [0.25, 0.3) is 0 Å². The van der Waals surface area contributed by atoms with Gasteiger partial charge in [0.25, 0.3) is 0 Å². The van der Waals surface area contributed by atoms with Crippen LogP contribution in [-0.4, -0.2) is 29.7 Å². The van der Waals surface area contributed by atoms with E-state index in [9.17, 15) is 18.3 Å². The lowest BCUT2D eigenvalue weighted by Gasteiger charge is -2.47. The first kappa shape index (κ1) is 23.1. The van der Waals surface area contributed by atoms with Crippen molar-refractivity contribution in [2.24, 2.45) is 5.92 Å². The summed E-state index contributed by atoms with van der Waals surface area (Å²) >= 11 is 6.29. The lowest BCUT2D eigenvalue weighted by atomic mass is 9.67. The monoisotopic (exact) mass is 439 g/mol. The topological polar surface area (TPSA) is 23.5 Å². The smallest absolute Gasteiger partial charge is 0.390 e. The molecule has 3 rings (SSSR count). The summed E-state index contributed by atoms with van der Waals surface area (Å²) in [6.45, 7) is 0. The highest BCUT2D eigenvalue weighted by Crippen LogP contribution is 2.48. The summed E-state index contributed by atoms with van der Waals surface area (Å²) in [4.78, 5) is 1.82. The minimum absolute atomic E-state index is 0.234. The quantitative estimate of drug-likeness (QED) is 0.554. The number of hydrogen-bond donors (Lipinski definition) is 1. The highest BCUT2D eigenvalue weighted by atomic mass is 35.5. The molecule has 2 aromatic carbocycles. The predicted octanol–water partition coefficient (Wildman–Crippen LogP) is 6.52. The number of aliphatic hydroxyl groups is 1. The number of hydrogen-bond acceptors (Lipinski definition) is 2. The molecule has 0 aliphatic heterocycles. The highest BCUT2D eigenvalue weighted by molar-refractivity contribution is 6.31. The fraction of sp³-hybridized carbons (Fsp3) is 0.500. The van der Waals surface area contributed by atoms with Gasteiger partial charge in [-0.2, -0.15) is 13.2 Å². The van der Waals surface area contributed by atoms with Crippen LogP contribution in [0.3, 0.4) is 0 Å². The maximum Gasteiger partial charge on any atom is 0.416 e. The summed E-state index contributed by atoms with van der Waals surface area (Å²) in [7, 11) is 3.59. The van der Waals surface area contributed by atoms with Crippen LogP contribution >= 0.6 is 11.6 Å². The molecule has 1 N–H and O–H groups in total. The lowest BCUT2D eigenvalue weighted by Crippen LogP contribution is -2.47. The van der Waals surface area contributed by atoms with Gasteiger partial charge in [0.15, 0.2) is 0 Å². The molecule has 0 spiro atoms. The number of aryl methyl sites for hydroxylation is 1. The van der Waals surface area contributed by atoms with E-state index in [0.717, 1.165) is 24.5 Å². The SMILES string of the molecule is CN(C)C(c1ccccc1C(F)(F)F)C1CCCCC1(O)CCc1ccccc1Cl. The standard InChI is InChI=1S/C24H29ClF3NO/c1-29(2)22(18-10-4-5-11-19(18)24(26,27)28)20-12-7-8-15-23(20,30)16-14-17-9-3-6-13-21(17)25/h3-6,9-11,13,20,22,30H,7-8,12,14-16H2,1-2H3. The van der Waals surface area contributed by atoms with E-state index in [0.29, 0.717) is 30.7 Å². The molecule has 1 fully saturated rings. The normalized spacial score (nSPS) is 23.5. The molecule has 3 unspecified atom stereocenters. The van der Waals surface area contributed by atoms with Gasteiger partial charge >= 0.3 is 6.18 Å². The van der Waals surface area contributed by atoms with Crippen LogP contribution in [0.1, 0.15) is 54.8 Å². The average Bonchev–Trinajstić information content (AvgIpc) is 2.69. The van der Waals surface area contributed by atoms with E-state index in [1.807, 2.05) is 29.2 Å². The van der Waals surface area contributed by atoms with Crippen molar-refractivity contribution in [3.8, 4) is 0 Å². The van der Waals surface area contributed by atoms with Crippen LogP contribution in [0.15, 0.2) is 48.5 Å². The van der Waals surface area contributed by atoms with Gasteiger partial charge in [0.05, 0.1) is 11.2 Å². The summed E-state index contributed by atoms with van der Waals surface area (Å²) in [5.74, 6) is -0.299. The van der Waals surface area contributed by atoms with Crippen molar-refractivity contribution >= 4 is 11.6 Å². The summed E-state index contributed by atoms with van der Waals surface area (Å²) in [5, 5.41) is 12.4. The van der Waals surface area contributed by atoms with Crippen molar-refractivity contribution in [3.05, 3.63) is 70.2 Å².